The van der Waals surface area contributed by atoms with Gasteiger partial charge in [0.05, 0.1) is 12.0 Å². The molecule has 24 heavy (non-hydrogen) atoms. The number of nitrogens with zero attached hydrogens (tertiary/aromatic N) is 3. The Hall–Kier alpha value is -1.70. The van der Waals surface area contributed by atoms with Gasteiger partial charge in [0.2, 0.25) is 0 Å². The second-order valence-corrected chi connectivity index (χ2v) is 6.33. The minimum absolute atomic E-state index is 0.00506. The summed E-state index contributed by atoms with van der Waals surface area (Å²) < 4.78 is 5.14. The Morgan fingerprint density at radius 3 is 2.71 bits per heavy atom. The molecular formula is C17H27N3O4. The van der Waals surface area contributed by atoms with E-state index < -0.39 is 4.92 Å². The molecule has 0 saturated carbocycles. The zero-order valence-electron chi connectivity index (χ0n) is 14.5. The van der Waals surface area contributed by atoms with Crippen LogP contribution in [0, 0.1) is 10.1 Å². The van der Waals surface area contributed by atoms with E-state index in [9.17, 15) is 10.1 Å². The number of nitro groups is 1. The molecule has 2 rings (SSSR count). The molecule has 0 unspecified atom stereocenters. The van der Waals surface area contributed by atoms with E-state index in [-0.39, 0.29) is 12.3 Å². The van der Waals surface area contributed by atoms with Gasteiger partial charge in [-0.3, -0.25) is 15.0 Å². The lowest BCUT2D eigenvalue weighted by Crippen LogP contribution is -2.43. The Bertz CT molecular complexity index is 545. The Kier molecular flexibility index (Phi) is 6.96. The Morgan fingerprint density at radius 2 is 2.12 bits per heavy atom. The third-order valence-electron chi connectivity index (χ3n) is 4.70. The molecule has 0 amide bonds. The molecule has 1 heterocycles. The molecular weight excluding hydrogens is 310 g/mol. The average molecular weight is 337 g/mol. The number of rotatable bonds is 8. The number of aliphatic hydroxyl groups excluding tert-OH is 1. The summed E-state index contributed by atoms with van der Waals surface area (Å²) in [6.07, 6.45) is 3.03. The first kappa shape index (κ1) is 18.6. The lowest BCUT2D eigenvalue weighted by Gasteiger charge is -2.36. The molecule has 1 aliphatic heterocycles. The van der Waals surface area contributed by atoms with Gasteiger partial charge in [-0.15, -0.1) is 0 Å². The molecule has 0 aliphatic carbocycles. The van der Waals surface area contributed by atoms with Gasteiger partial charge in [0.15, 0.2) is 5.75 Å². The van der Waals surface area contributed by atoms with Crippen LogP contribution in [0.4, 0.5) is 5.69 Å². The van der Waals surface area contributed by atoms with Gasteiger partial charge in [0.25, 0.3) is 0 Å². The molecule has 0 aromatic heterocycles. The van der Waals surface area contributed by atoms with E-state index in [0.717, 1.165) is 51.0 Å². The first-order valence-electron chi connectivity index (χ1n) is 8.40. The van der Waals surface area contributed by atoms with E-state index in [2.05, 4.69) is 16.8 Å². The van der Waals surface area contributed by atoms with Crippen LogP contribution >= 0.6 is 0 Å². The average Bonchev–Trinajstić information content (AvgIpc) is 2.60. The first-order valence-corrected chi connectivity index (χ1v) is 8.40. The summed E-state index contributed by atoms with van der Waals surface area (Å²) in [5, 5.41) is 19.9. The van der Waals surface area contributed by atoms with Crippen molar-refractivity contribution in [1.29, 1.82) is 0 Å². The van der Waals surface area contributed by atoms with Crippen molar-refractivity contribution >= 4 is 5.69 Å². The van der Waals surface area contributed by atoms with Gasteiger partial charge >= 0.3 is 5.69 Å². The number of likely N-dealkylation sites (tertiary alicyclic amines) is 1. The number of piperidine rings is 1. The quantitative estimate of drug-likeness (QED) is 0.576. The van der Waals surface area contributed by atoms with E-state index in [0.29, 0.717) is 11.8 Å². The molecule has 0 spiro atoms. The molecule has 0 radical (unpaired) electrons. The first-order chi connectivity index (χ1) is 11.5. The molecule has 0 atom stereocenters. The van der Waals surface area contributed by atoms with Gasteiger partial charge in [0, 0.05) is 31.8 Å². The summed E-state index contributed by atoms with van der Waals surface area (Å²) >= 11 is 0. The van der Waals surface area contributed by atoms with Gasteiger partial charge in [0.1, 0.15) is 0 Å². The molecule has 1 aromatic carbocycles. The molecule has 7 nitrogen and oxygen atoms in total. The highest BCUT2D eigenvalue weighted by molar-refractivity contribution is 5.48. The fourth-order valence-corrected chi connectivity index (χ4v) is 3.25. The zero-order valence-corrected chi connectivity index (χ0v) is 14.5. The number of hydrogen-bond acceptors (Lipinski definition) is 6. The van der Waals surface area contributed by atoms with Crippen LogP contribution in [-0.4, -0.2) is 66.3 Å². The highest BCUT2D eigenvalue weighted by Gasteiger charge is 2.23. The molecule has 1 aliphatic rings. The van der Waals surface area contributed by atoms with Crippen LogP contribution < -0.4 is 4.74 Å². The topological polar surface area (TPSA) is 79.1 Å². The second kappa shape index (κ2) is 8.96. The van der Waals surface area contributed by atoms with E-state index in [1.165, 1.54) is 13.2 Å². The zero-order chi connectivity index (χ0) is 17.5. The Morgan fingerprint density at radius 1 is 1.42 bits per heavy atom. The highest BCUT2D eigenvalue weighted by atomic mass is 16.6. The maximum absolute atomic E-state index is 11.0. The predicted molar refractivity (Wildman–Crippen MR) is 92.3 cm³/mol. The molecule has 1 aromatic rings. The molecule has 0 bridgehead atoms. The number of ether oxygens (including phenoxy) is 1. The summed E-state index contributed by atoms with van der Waals surface area (Å²) in [7, 11) is 3.58. The van der Waals surface area contributed by atoms with Gasteiger partial charge in [-0.25, -0.2) is 0 Å². The van der Waals surface area contributed by atoms with Crippen LogP contribution in [0.1, 0.15) is 24.8 Å². The smallest absolute Gasteiger partial charge is 0.310 e. The maximum atomic E-state index is 11.0. The summed E-state index contributed by atoms with van der Waals surface area (Å²) in [6.45, 7) is 3.97. The van der Waals surface area contributed by atoms with Crippen molar-refractivity contribution in [3.63, 3.8) is 0 Å². The van der Waals surface area contributed by atoms with Gasteiger partial charge in [-0.1, -0.05) is 6.07 Å². The van der Waals surface area contributed by atoms with Crippen molar-refractivity contribution in [2.75, 3.05) is 40.4 Å². The van der Waals surface area contributed by atoms with E-state index in [4.69, 9.17) is 9.84 Å². The summed E-state index contributed by atoms with van der Waals surface area (Å²) in [5.74, 6) is 0.316. The molecule has 1 fully saturated rings. The van der Waals surface area contributed by atoms with Crippen molar-refractivity contribution in [1.82, 2.24) is 9.80 Å². The van der Waals surface area contributed by atoms with Gasteiger partial charge < -0.3 is 14.7 Å². The second-order valence-electron chi connectivity index (χ2n) is 6.33. The minimum atomic E-state index is -0.420. The number of benzene rings is 1. The lowest BCUT2D eigenvalue weighted by molar-refractivity contribution is -0.385. The van der Waals surface area contributed by atoms with Crippen LogP contribution in [-0.2, 0) is 6.54 Å². The van der Waals surface area contributed by atoms with Gasteiger partial charge in [-0.05, 0) is 51.0 Å². The van der Waals surface area contributed by atoms with Crippen LogP contribution in [0.3, 0.4) is 0 Å². The molecule has 134 valence electrons. The van der Waals surface area contributed by atoms with Crippen molar-refractivity contribution in [2.24, 2.45) is 0 Å². The molecule has 7 heteroatoms. The fraction of sp³-hybridized carbons (Fsp3) is 0.647. The van der Waals surface area contributed by atoms with Crippen LogP contribution in [0.2, 0.25) is 0 Å². The normalized spacial score (nSPS) is 16.5. The molecule has 1 saturated heterocycles. The maximum Gasteiger partial charge on any atom is 0.310 e. The minimum Gasteiger partial charge on any atom is -0.490 e. The number of methoxy groups -OCH3 is 1. The van der Waals surface area contributed by atoms with E-state index >= 15 is 0 Å². The van der Waals surface area contributed by atoms with Crippen molar-refractivity contribution in [2.45, 2.75) is 31.8 Å². The highest BCUT2D eigenvalue weighted by Crippen LogP contribution is 2.28. The van der Waals surface area contributed by atoms with Crippen LogP contribution in [0.5, 0.6) is 5.75 Å². The number of nitro benzene ring substituents is 1. The van der Waals surface area contributed by atoms with E-state index in [1.54, 1.807) is 12.1 Å². The third kappa shape index (κ3) is 4.90. The Balaban J connectivity index is 1.88. The summed E-state index contributed by atoms with van der Waals surface area (Å²) in [6, 6.07) is 5.65. The number of aliphatic hydroxyl groups is 1. The monoisotopic (exact) mass is 337 g/mol. The fourth-order valence-electron chi connectivity index (χ4n) is 3.25. The molecule has 1 N–H and O–H groups in total. The summed E-state index contributed by atoms with van der Waals surface area (Å²) in [4.78, 5) is 15.2. The SMILES string of the molecule is COc1cc(CN2CCC(N(C)CCCO)CC2)ccc1[N+](=O)[O-]. The number of hydrogen-bond donors (Lipinski definition) is 1. The predicted octanol–water partition coefficient (Wildman–Crippen LogP) is 1.88. The lowest BCUT2D eigenvalue weighted by atomic mass is 10.0. The van der Waals surface area contributed by atoms with Crippen molar-refractivity contribution < 1.29 is 14.8 Å². The van der Waals surface area contributed by atoms with Gasteiger partial charge in [-0.2, -0.15) is 0 Å². The van der Waals surface area contributed by atoms with Crippen molar-refractivity contribution in [3.05, 3.63) is 33.9 Å². The van der Waals surface area contributed by atoms with Crippen LogP contribution in [0.25, 0.3) is 0 Å². The third-order valence-corrected chi connectivity index (χ3v) is 4.70. The van der Waals surface area contributed by atoms with Crippen molar-refractivity contribution in [3.8, 4) is 5.75 Å². The standard InChI is InChI=1S/C17H27N3O4/c1-18(8-3-11-21)15-6-9-19(10-7-15)13-14-4-5-16(20(22)23)17(12-14)24-2/h4-5,12,15,21H,3,6-11,13H2,1-2H3. The summed E-state index contributed by atoms with van der Waals surface area (Å²) in [5.41, 5.74) is 1.04. The largest absolute Gasteiger partial charge is 0.490 e. The van der Waals surface area contributed by atoms with Crippen LogP contribution in [0.15, 0.2) is 18.2 Å². The Labute approximate surface area is 143 Å². The van der Waals surface area contributed by atoms with E-state index in [1.807, 2.05) is 0 Å².